The molecule has 246 valence electrons. The van der Waals surface area contributed by atoms with Crippen molar-refractivity contribution in [1.82, 2.24) is 14.7 Å². The van der Waals surface area contributed by atoms with Gasteiger partial charge < -0.3 is 24.5 Å². The number of likely N-dealkylation sites (tertiary alicyclic amines) is 1. The number of benzene rings is 2. The number of aliphatic hydroxyl groups is 1. The smallest absolute Gasteiger partial charge is 0.248 e. The average molecular weight is 628 g/mol. The number of hydrogen-bond acceptors (Lipinski definition) is 5. The molecule has 2 bridgehead atoms. The lowest BCUT2D eigenvalue weighted by Crippen LogP contribution is -2.57. The van der Waals surface area contributed by atoms with Gasteiger partial charge in [-0.25, -0.2) is 0 Å². The van der Waals surface area contributed by atoms with Gasteiger partial charge in [0.25, 0.3) is 0 Å². The van der Waals surface area contributed by atoms with E-state index in [0.29, 0.717) is 32.6 Å². The molecule has 3 amide bonds. The number of carbonyl (C=O) groups excluding carboxylic acids is 3. The summed E-state index contributed by atoms with van der Waals surface area (Å²) in [4.78, 5) is 49.6. The van der Waals surface area contributed by atoms with Crippen LogP contribution in [0, 0.1) is 17.8 Å². The fourth-order valence-corrected chi connectivity index (χ4v) is 8.26. The van der Waals surface area contributed by atoms with Gasteiger partial charge in [-0.3, -0.25) is 14.4 Å². The van der Waals surface area contributed by atoms with Crippen LogP contribution in [0.25, 0.3) is 0 Å². The van der Waals surface area contributed by atoms with E-state index >= 15 is 0 Å². The fraction of sp³-hybridized carbons (Fsp3) is 0.500. The van der Waals surface area contributed by atoms with E-state index in [4.69, 9.17) is 4.74 Å². The van der Waals surface area contributed by atoms with Crippen LogP contribution in [0.1, 0.15) is 63.6 Å². The Bertz CT molecular complexity index is 1420. The zero-order chi connectivity index (χ0) is 33.1. The van der Waals surface area contributed by atoms with Gasteiger partial charge in [-0.1, -0.05) is 99.5 Å². The van der Waals surface area contributed by atoms with Crippen molar-refractivity contribution in [2.24, 2.45) is 17.8 Å². The van der Waals surface area contributed by atoms with Gasteiger partial charge >= 0.3 is 0 Å². The highest BCUT2D eigenvalue weighted by Gasteiger charge is 2.80. The molecule has 7 atom stereocenters. The third-order valence-corrected chi connectivity index (χ3v) is 10.5. The van der Waals surface area contributed by atoms with Gasteiger partial charge in [-0.2, -0.15) is 0 Å². The first kappa shape index (κ1) is 33.6. The Hall–Kier alpha value is -3.75. The second-order valence-electron chi connectivity index (χ2n) is 13.3. The number of amides is 3. The summed E-state index contributed by atoms with van der Waals surface area (Å²) in [6, 6.07) is 17.3. The van der Waals surface area contributed by atoms with Gasteiger partial charge in [0.1, 0.15) is 11.6 Å². The Kier molecular flexibility index (Phi) is 10.2. The third kappa shape index (κ3) is 5.71. The molecular formula is C38H49N3O5. The number of ether oxygens (including phenoxy) is 1. The first-order valence-electron chi connectivity index (χ1n) is 16.7. The normalized spacial score (nSPS) is 28.5. The predicted molar refractivity (Wildman–Crippen MR) is 178 cm³/mol. The molecule has 0 saturated carbocycles. The lowest BCUT2D eigenvalue weighted by molar-refractivity contribution is -0.158. The van der Waals surface area contributed by atoms with Crippen molar-refractivity contribution in [3.8, 4) is 0 Å². The average Bonchev–Trinajstić information content (AvgIpc) is 3.57. The van der Waals surface area contributed by atoms with E-state index in [2.05, 4.69) is 27.0 Å². The molecule has 0 aromatic heterocycles. The molecule has 3 heterocycles. The second-order valence-corrected chi connectivity index (χ2v) is 13.3. The lowest BCUT2D eigenvalue weighted by Gasteiger charge is -2.39. The molecule has 8 heteroatoms. The summed E-state index contributed by atoms with van der Waals surface area (Å²) in [7, 11) is 0. The second kappa shape index (κ2) is 13.9. The van der Waals surface area contributed by atoms with Crippen molar-refractivity contribution >= 4 is 17.7 Å². The minimum Gasteiger partial charge on any atom is -0.394 e. The van der Waals surface area contributed by atoms with Crippen molar-refractivity contribution in [2.75, 3.05) is 26.2 Å². The van der Waals surface area contributed by atoms with E-state index in [0.717, 1.165) is 30.4 Å². The largest absolute Gasteiger partial charge is 0.394 e. The quantitative estimate of drug-likeness (QED) is 0.218. The van der Waals surface area contributed by atoms with Gasteiger partial charge in [-0.15, -0.1) is 13.2 Å². The Labute approximate surface area is 273 Å². The third-order valence-electron chi connectivity index (χ3n) is 10.5. The van der Waals surface area contributed by atoms with E-state index < -0.39 is 35.1 Å². The molecule has 3 aliphatic heterocycles. The summed E-state index contributed by atoms with van der Waals surface area (Å²) < 4.78 is 7.02. The maximum atomic E-state index is 15.0. The molecule has 1 N–H and O–H groups in total. The Morgan fingerprint density at radius 1 is 1.02 bits per heavy atom. The van der Waals surface area contributed by atoms with Crippen LogP contribution < -0.4 is 0 Å². The highest BCUT2D eigenvalue weighted by Crippen LogP contribution is 2.66. The van der Waals surface area contributed by atoms with E-state index in [9.17, 15) is 19.5 Å². The van der Waals surface area contributed by atoms with Gasteiger partial charge in [0.15, 0.2) is 0 Å². The number of carbonyl (C=O) groups is 3. The van der Waals surface area contributed by atoms with Crippen molar-refractivity contribution in [1.29, 1.82) is 0 Å². The summed E-state index contributed by atoms with van der Waals surface area (Å²) in [6.45, 7) is 15.1. The number of aliphatic hydroxyl groups excluding tert-OH is 1. The van der Waals surface area contributed by atoms with Crippen molar-refractivity contribution in [2.45, 2.75) is 76.3 Å². The van der Waals surface area contributed by atoms with Crippen LogP contribution in [0.4, 0.5) is 0 Å². The molecule has 3 aliphatic rings. The maximum Gasteiger partial charge on any atom is 0.248 e. The van der Waals surface area contributed by atoms with Crippen LogP contribution >= 0.6 is 0 Å². The van der Waals surface area contributed by atoms with Crippen molar-refractivity contribution in [3.63, 3.8) is 0 Å². The molecule has 3 fully saturated rings. The van der Waals surface area contributed by atoms with Crippen LogP contribution in [-0.4, -0.2) is 81.0 Å². The lowest BCUT2D eigenvalue weighted by atomic mass is 9.62. The number of rotatable bonds is 15. The van der Waals surface area contributed by atoms with Crippen LogP contribution in [-0.2, 0) is 25.7 Å². The van der Waals surface area contributed by atoms with Crippen LogP contribution in [0.2, 0.25) is 0 Å². The summed E-state index contributed by atoms with van der Waals surface area (Å²) in [5.74, 6) is -2.51. The number of hydrogen-bond donors (Lipinski definition) is 1. The standard InChI is InChI=1S/C38H49N3O5/c1-6-9-16-23-39(21-7-2)36(45)33-38-24-27(4)37(5,46-38)31(34(43)40(22-8-3)25-28-17-12-10-13-18-28)32(38)35(44)41(33)30(26-42)29-19-14-11-15-20-29/h7-8,10-15,17-20,27,30-33,42H,2-3,6,9,16,21-26H2,1,4-5H3/t27?,30-,31-,32+,33?,37+,38?/m1/s1. The Morgan fingerprint density at radius 2 is 1.65 bits per heavy atom. The van der Waals surface area contributed by atoms with Crippen LogP contribution in [0.5, 0.6) is 0 Å². The van der Waals surface area contributed by atoms with E-state index in [-0.39, 0.29) is 30.2 Å². The summed E-state index contributed by atoms with van der Waals surface area (Å²) in [6.07, 6.45) is 6.66. The molecule has 0 radical (unpaired) electrons. The van der Waals surface area contributed by atoms with Crippen molar-refractivity contribution < 1.29 is 24.2 Å². The first-order chi connectivity index (χ1) is 22.2. The molecule has 8 nitrogen and oxygen atoms in total. The summed E-state index contributed by atoms with van der Waals surface area (Å²) in [5, 5.41) is 10.8. The van der Waals surface area contributed by atoms with Gasteiger partial charge in [0.2, 0.25) is 17.7 Å². The summed E-state index contributed by atoms with van der Waals surface area (Å²) in [5.41, 5.74) is -0.478. The molecule has 0 aliphatic carbocycles. The van der Waals surface area contributed by atoms with Crippen LogP contribution in [0.15, 0.2) is 86.0 Å². The number of fused-ring (bicyclic) bond motifs is 1. The molecule has 3 unspecified atom stereocenters. The van der Waals surface area contributed by atoms with E-state index in [1.54, 1.807) is 26.9 Å². The molecule has 2 aromatic carbocycles. The zero-order valence-corrected chi connectivity index (χ0v) is 27.5. The van der Waals surface area contributed by atoms with Gasteiger partial charge in [0, 0.05) is 26.2 Å². The fourth-order valence-electron chi connectivity index (χ4n) is 8.26. The minimum atomic E-state index is -1.22. The number of unbranched alkanes of at least 4 members (excludes halogenated alkanes) is 2. The summed E-state index contributed by atoms with van der Waals surface area (Å²) >= 11 is 0. The van der Waals surface area contributed by atoms with E-state index in [1.165, 1.54) is 0 Å². The SMILES string of the molecule is C=CCN(CCCCC)C(=O)C1N([C@H](CO)c2ccccc2)C(=O)[C@@H]2[C@H](C(=O)N(CC=C)Cc3ccccc3)[C@@]3(C)OC12CC3C. The minimum absolute atomic E-state index is 0.0969. The molecule has 5 rings (SSSR count). The molecular weight excluding hydrogens is 578 g/mol. The highest BCUT2D eigenvalue weighted by molar-refractivity contribution is 5.99. The monoisotopic (exact) mass is 627 g/mol. The molecule has 3 saturated heterocycles. The Morgan fingerprint density at radius 3 is 2.26 bits per heavy atom. The predicted octanol–water partition coefficient (Wildman–Crippen LogP) is 5.15. The first-order valence-corrected chi connectivity index (χ1v) is 16.7. The topological polar surface area (TPSA) is 90.4 Å². The number of nitrogens with zero attached hydrogens (tertiary/aromatic N) is 3. The Balaban J connectivity index is 1.62. The van der Waals surface area contributed by atoms with Gasteiger partial charge in [-0.05, 0) is 36.8 Å². The van der Waals surface area contributed by atoms with E-state index in [1.807, 2.05) is 67.6 Å². The molecule has 46 heavy (non-hydrogen) atoms. The van der Waals surface area contributed by atoms with Crippen molar-refractivity contribution in [3.05, 3.63) is 97.1 Å². The maximum absolute atomic E-state index is 15.0. The zero-order valence-electron chi connectivity index (χ0n) is 27.5. The highest BCUT2D eigenvalue weighted by atomic mass is 16.5. The van der Waals surface area contributed by atoms with Crippen LogP contribution in [0.3, 0.4) is 0 Å². The molecule has 2 aromatic rings. The molecule has 1 spiro atoms. The van der Waals surface area contributed by atoms with Gasteiger partial charge in [0.05, 0.1) is 30.1 Å².